The van der Waals surface area contributed by atoms with E-state index in [9.17, 15) is 0 Å². The first-order valence-corrected chi connectivity index (χ1v) is 22.5. The number of rotatable bonds is 9. The number of hydrogen-bond acceptors (Lipinski definition) is 2. The molecule has 0 radical (unpaired) electrons. The molecule has 2 heterocycles. The van der Waals surface area contributed by atoms with Crippen LogP contribution in [0.3, 0.4) is 0 Å². The van der Waals surface area contributed by atoms with Crippen LogP contribution in [0.1, 0.15) is 58.1 Å². The molecule has 2 aliphatic heterocycles. The Balaban J connectivity index is 1.32. The average Bonchev–Trinajstić information content (AvgIpc) is 3.29. The lowest BCUT2D eigenvalue weighted by molar-refractivity contribution is 0.591. The van der Waals surface area contributed by atoms with Crippen LogP contribution in [0.5, 0.6) is 0 Å². The van der Waals surface area contributed by atoms with Gasteiger partial charge in [-0.15, -0.1) is 0 Å². The highest BCUT2D eigenvalue weighted by Gasteiger charge is 2.42. The third-order valence-electron chi connectivity index (χ3n) is 12.5. The van der Waals surface area contributed by atoms with Crippen molar-refractivity contribution in [3.63, 3.8) is 0 Å². The SMILES string of the molecule is CCCCCc1cc2c3c(c1)N(c1c(-c4ccccc4)cc(C(C)(C)C)cc1-c1ccccc1)c1ccc(-c4ccccc4)cc1B3c1cc(-c3ccccc3)ccc1S2. The van der Waals surface area contributed by atoms with Gasteiger partial charge in [-0.05, 0) is 110 Å². The highest BCUT2D eigenvalue weighted by molar-refractivity contribution is 8.00. The van der Waals surface area contributed by atoms with Crippen molar-refractivity contribution < 1.29 is 0 Å². The highest BCUT2D eigenvalue weighted by Crippen LogP contribution is 2.51. The summed E-state index contributed by atoms with van der Waals surface area (Å²) in [5.74, 6) is 0. The summed E-state index contributed by atoms with van der Waals surface area (Å²) < 4.78 is 0. The van der Waals surface area contributed by atoms with Crippen LogP contribution in [-0.4, -0.2) is 6.71 Å². The normalized spacial score (nSPS) is 12.8. The van der Waals surface area contributed by atoms with Gasteiger partial charge in [-0.3, -0.25) is 0 Å². The van der Waals surface area contributed by atoms with E-state index in [2.05, 4.69) is 215 Å². The fourth-order valence-electron chi connectivity index (χ4n) is 9.38. The molecule has 0 atom stereocenters. The Morgan fingerprint density at radius 2 is 1.02 bits per heavy atom. The smallest absolute Gasteiger partial charge is 0.249 e. The Morgan fingerprint density at radius 3 is 1.57 bits per heavy atom. The molecule has 0 spiro atoms. The monoisotopic (exact) mass is 791 g/mol. The molecule has 2 aliphatic rings. The Morgan fingerprint density at radius 1 is 0.483 bits per heavy atom. The Bertz CT molecular complexity index is 2770. The van der Waals surface area contributed by atoms with Gasteiger partial charge in [0.25, 0.3) is 0 Å². The van der Waals surface area contributed by atoms with Crippen molar-refractivity contribution in [3.8, 4) is 44.5 Å². The van der Waals surface area contributed by atoms with Crippen molar-refractivity contribution in [2.75, 3.05) is 4.90 Å². The zero-order chi connectivity index (χ0) is 40.8. The minimum Gasteiger partial charge on any atom is -0.310 e. The van der Waals surface area contributed by atoms with Crippen LogP contribution < -0.4 is 21.3 Å². The van der Waals surface area contributed by atoms with Gasteiger partial charge >= 0.3 is 0 Å². The Kier molecular flexibility index (Phi) is 10.1. The summed E-state index contributed by atoms with van der Waals surface area (Å²) in [7, 11) is 0. The Labute approximate surface area is 361 Å². The molecule has 0 unspecified atom stereocenters. The van der Waals surface area contributed by atoms with E-state index in [0.29, 0.717) is 0 Å². The van der Waals surface area contributed by atoms with Crippen molar-refractivity contribution in [1.82, 2.24) is 0 Å². The van der Waals surface area contributed by atoms with E-state index in [4.69, 9.17) is 0 Å². The summed E-state index contributed by atoms with van der Waals surface area (Å²) in [6.07, 6.45) is 4.68. The number of nitrogens with zero attached hydrogens (tertiary/aromatic N) is 1. The summed E-state index contributed by atoms with van der Waals surface area (Å²) in [6, 6.07) is 68.5. The first-order chi connectivity index (χ1) is 29.4. The lowest BCUT2D eigenvalue weighted by Gasteiger charge is -2.42. The predicted molar refractivity (Wildman–Crippen MR) is 260 cm³/mol. The van der Waals surface area contributed by atoms with Crippen molar-refractivity contribution in [3.05, 3.63) is 193 Å². The number of hydrogen-bond donors (Lipinski definition) is 0. The number of fused-ring (bicyclic) bond motifs is 4. The number of unbranched alkanes of at least 4 members (excludes halogenated alkanes) is 2. The van der Waals surface area contributed by atoms with E-state index >= 15 is 0 Å². The molecule has 0 saturated carbocycles. The van der Waals surface area contributed by atoms with Crippen LogP contribution in [0.4, 0.5) is 17.1 Å². The van der Waals surface area contributed by atoms with Gasteiger partial charge in [0.1, 0.15) is 0 Å². The van der Waals surface area contributed by atoms with Crippen molar-refractivity contribution in [2.45, 2.75) is 68.6 Å². The molecule has 0 amide bonds. The topological polar surface area (TPSA) is 3.24 Å². The van der Waals surface area contributed by atoms with Crippen LogP contribution in [-0.2, 0) is 11.8 Å². The molecule has 0 saturated heterocycles. The third-order valence-corrected chi connectivity index (χ3v) is 13.6. The summed E-state index contributed by atoms with van der Waals surface area (Å²) in [5.41, 5.74) is 20.5. The standard InChI is InChI=1S/C57H50BNS/c1-5-6-11-20-39-33-52-55-54(34-39)60-53-32-30-45(41-23-14-8-15-24-41)36-50(53)58(55)49-35-44(40-21-12-7-13-22-40)29-31-51(49)59(52)56-47(42-25-16-9-17-26-42)37-46(57(2,3)4)38-48(56)43-27-18-10-19-28-43/h7-10,12-19,21-38H,5-6,11,20H2,1-4H3. The summed E-state index contributed by atoms with van der Waals surface area (Å²) in [6.45, 7) is 9.38. The second-order valence-electron chi connectivity index (χ2n) is 17.5. The first-order valence-electron chi connectivity index (χ1n) is 21.7. The molecule has 292 valence electrons. The number of anilines is 3. The first kappa shape index (κ1) is 38.2. The molecular weight excluding hydrogens is 742 g/mol. The van der Waals surface area contributed by atoms with E-state index in [-0.39, 0.29) is 12.1 Å². The average molecular weight is 792 g/mol. The van der Waals surface area contributed by atoms with E-state index < -0.39 is 0 Å². The van der Waals surface area contributed by atoms with Crippen molar-refractivity contribution in [2.24, 2.45) is 0 Å². The maximum Gasteiger partial charge on any atom is 0.249 e. The molecule has 0 aliphatic carbocycles. The number of benzene rings is 8. The molecule has 3 heteroatoms. The largest absolute Gasteiger partial charge is 0.310 e. The second kappa shape index (κ2) is 15.9. The van der Waals surface area contributed by atoms with E-state index in [0.717, 1.165) is 6.42 Å². The molecule has 8 aromatic carbocycles. The molecule has 0 N–H and O–H groups in total. The molecule has 8 aromatic rings. The highest BCUT2D eigenvalue weighted by atomic mass is 32.2. The van der Waals surface area contributed by atoms with Crippen molar-refractivity contribution in [1.29, 1.82) is 0 Å². The molecule has 0 bridgehead atoms. The van der Waals surface area contributed by atoms with Gasteiger partial charge < -0.3 is 4.90 Å². The van der Waals surface area contributed by atoms with Crippen LogP contribution in [0.15, 0.2) is 192 Å². The maximum absolute atomic E-state index is 2.67. The zero-order valence-corrected chi connectivity index (χ0v) is 35.9. The molecule has 0 aromatic heterocycles. The molecule has 0 fully saturated rings. The van der Waals surface area contributed by atoms with Crippen LogP contribution >= 0.6 is 11.8 Å². The zero-order valence-electron chi connectivity index (χ0n) is 35.1. The van der Waals surface area contributed by atoms with Crippen LogP contribution in [0, 0.1) is 0 Å². The molecule has 1 nitrogen and oxygen atoms in total. The summed E-state index contributed by atoms with van der Waals surface area (Å²) >= 11 is 1.96. The van der Waals surface area contributed by atoms with E-state index in [1.807, 2.05) is 11.8 Å². The third kappa shape index (κ3) is 6.99. The second-order valence-corrected chi connectivity index (χ2v) is 18.6. The van der Waals surface area contributed by atoms with Crippen LogP contribution in [0.25, 0.3) is 44.5 Å². The molecule has 10 rings (SSSR count). The van der Waals surface area contributed by atoms with Crippen molar-refractivity contribution >= 4 is 51.9 Å². The van der Waals surface area contributed by atoms with Gasteiger partial charge in [-0.1, -0.05) is 203 Å². The fourth-order valence-corrected chi connectivity index (χ4v) is 10.6. The number of aryl methyl sites for hydroxylation is 1. The van der Waals surface area contributed by atoms with Gasteiger partial charge in [0.15, 0.2) is 0 Å². The Hall–Kier alpha value is -6.03. The molecular formula is C57H50BNS. The van der Waals surface area contributed by atoms with Gasteiger partial charge in [0, 0.05) is 32.3 Å². The van der Waals surface area contributed by atoms with E-state index in [1.165, 1.54) is 118 Å². The quantitative estimate of drug-likeness (QED) is 0.106. The lowest BCUT2D eigenvalue weighted by Crippen LogP contribution is -2.60. The minimum absolute atomic E-state index is 0.0590. The van der Waals surface area contributed by atoms with Gasteiger partial charge in [-0.2, -0.15) is 0 Å². The van der Waals surface area contributed by atoms with Gasteiger partial charge in [-0.25, -0.2) is 0 Å². The fraction of sp³-hybridized carbons (Fsp3) is 0.158. The van der Waals surface area contributed by atoms with Gasteiger partial charge in [0.2, 0.25) is 6.71 Å². The molecule has 60 heavy (non-hydrogen) atoms. The minimum atomic E-state index is -0.0593. The summed E-state index contributed by atoms with van der Waals surface area (Å²) in [4.78, 5) is 5.39. The predicted octanol–water partition coefficient (Wildman–Crippen LogP) is 14.1. The lowest BCUT2D eigenvalue weighted by atomic mass is 9.34. The van der Waals surface area contributed by atoms with Crippen LogP contribution in [0.2, 0.25) is 0 Å². The van der Waals surface area contributed by atoms with Gasteiger partial charge in [0.05, 0.1) is 5.69 Å². The van der Waals surface area contributed by atoms with E-state index in [1.54, 1.807) is 0 Å². The maximum atomic E-state index is 2.67. The summed E-state index contributed by atoms with van der Waals surface area (Å²) in [5, 5.41) is 0.